The Balaban J connectivity index is 2.48. The SMILES string of the molecule is Cc1ccc(C)c(-c2nc(NN)cs2)c1. The number of aryl methyl sites for hydroxylation is 2. The maximum atomic E-state index is 5.30. The molecule has 0 aliphatic heterocycles. The van der Waals surface area contributed by atoms with Gasteiger partial charge in [0.2, 0.25) is 0 Å². The lowest BCUT2D eigenvalue weighted by Crippen LogP contribution is -2.06. The fraction of sp³-hybridized carbons (Fsp3) is 0.182. The first kappa shape index (κ1) is 10.1. The predicted octanol–water partition coefficient (Wildman–Crippen LogP) is 2.71. The quantitative estimate of drug-likeness (QED) is 0.603. The number of nitrogens with one attached hydrogen (secondary N) is 1. The van der Waals surface area contributed by atoms with Crippen molar-refractivity contribution in [3.8, 4) is 10.6 Å². The molecule has 0 spiro atoms. The zero-order chi connectivity index (χ0) is 10.8. The molecule has 3 nitrogen and oxygen atoms in total. The summed E-state index contributed by atoms with van der Waals surface area (Å²) in [5.41, 5.74) is 6.21. The van der Waals surface area contributed by atoms with Gasteiger partial charge in [0.05, 0.1) is 0 Å². The van der Waals surface area contributed by atoms with Crippen LogP contribution in [-0.4, -0.2) is 4.98 Å². The zero-order valence-electron chi connectivity index (χ0n) is 8.74. The molecule has 0 saturated heterocycles. The second kappa shape index (κ2) is 4.00. The van der Waals surface area contributed by atoms with Gasteiger partial charge in [0.15, 0.2) is 5.82 Å². The molecular weight excluding hydrogens is 206 g/mol. The summed E-state index contributed by atoms with van der Waals surface area (Å²) in [6.07, 6.45) is 0. The topological polar surface area (TPSA) is 50.9 Å². The third kappa shape index (κ3) is 2.00. The number of hydrogen-bond acceptors (Lipinski definition) is 4. The van der Waals surface area contributed by atoms with Gasteiger partial charge >= 0.3 is 0 Å². The van der Waals surface area contributed by atoms with Gasteiger partial charge < -0.3 is 5.43 Å². The van der Waals surface area contributed by atoms with Crippen molar-refractivity contribution in [2.75, 3.05) is 5.43 Å². The Morgan fingerprint density at radius 3 is 2.80 bits per heavy atom. The monoisotopic (exact) mass is 219 g/mol. The molecule has 1 aromatic heterocycles. The number of aromatic nitrogens is 1. The van der Waals surface area contributed by atoms with E-state index < -0.39 is 0 Å². The van der Waals surface area contributed by atoms with Crippen molar-refractivity contribution in [3.63, 3.8) is 0 Å². The minimum absolute atomic E-state index is 0.718. The highest BCUT2D eigenvalue weighted by atomic mass is 32.1. The molecular formula is C11H13N3S. The summed E-state index contributed by atoms with van der Waals surface area (Å²) < 4.78 is 0. The number of hydrazine groups is 1. The van der Waals surface area contributed by atoms with Crippen LogP contribution >= 0.6 is 11.3 Å². The van der Waals surface area contributed by atoms with Crippen molar-refractivity contribution in [2.24, 2.45) is 5.84 Å². The maximum absolute atomic E-state index is 5.30. The summed E-state index contributed by atoms with van der Waals surface area (Å²) in [7, 11) is 0. The molecule has 1 aromatic carbocycles. The van der Waals surface area contributed by atoms with E-state index in [9.17, 15) is 0 Å². The van der Waals surface area contributed by atoms with E-state index in [1.165, 1.54) is 16.7 Å². The van der Waals surface area contributed by atoms with Gasteiger partial charge in [-0.1, -0.05) is 17.7 Å². The molecule has 0 atom stereocenters. The highest BCUT2D eigenvalue weighted by Gasteiger charge is 2.06. The van der Waals surface area contributed by atoms with Crippen molar-refractivity contribution in [1.29, 1.82) is 0 Å². The maximum Gasteiger partial charge on any atom is 0.151 e. The lowest BCUT2D eigenvalue weighted by Gasteiger charge is -2.03. The molecule has 2 rings (SSSR count). The number of nitrogen functional groups attached to an aromatic ring is 1. The molecule has 4 heteroatoms. The Bertz CT molecular complexity index is 476. The van der Waals surface area contributed by atoms with Crippen LogP contribution in [0, 0.1) is 13.8 Å². The summed E-state index contributed by atoms with van der Waals surface area (Å²) in [4.78, 5) is 4.38. The lowest BCUT2D eigenvalue weighted by atomic mass is 10.1. The smallest absolute Gasteiger partial charge is 0.151 e. The molecule has 1 heterocycles. The number of thiazole rings is 1. The highest BCUT2D eigenvalue weighted by molar-refractivity contribution is 7.13. The summed E-state index contributed by atoms with van der Waals surface area (Å²) in [5, 5.41) is 2.92. The number of benzene rings is 1. The molecule has 0 radical (unpaired) electrons. The van der Waals surface area contributed by atoms with E-state index in [1.54, 1.807) is 11.3 Å². The molecule has 0 bridgehead atoms. The third-order valence-electron chi connectivity index (χ3n) is 2.28. The molecule has 78 valence electrons. The van der Waals surface area contributed by atoms with Crippen LogP contribution in [0.4, 0.5) is 5.82 Å². The summed E-state index contributed by atoms with van der Waals surface area (Å²) in [5.74, 6) is 6.02. The fourth-order valence-corrected chi connectivity index (χ4v) is 2.27. The summed E-state index contributed by atoms with van der Waals surface area (Å²) in [6.45, 7) is 4.17. The van der Waals surface area contributed by atoms with Crippen LogP contribution in [0.25, 0.3) is 10.6 Å². The predicted molar refractivity (Wildman–Crippen MR) is 64.8 cm³/mol. The van der Waals surface area contributed by atoms with E-state index in [4.69, 9.17) is 5.84 Å². The van der Waals surface area contributed by atoms with Gasteiger partial charge in [-0.05, 0) is 25.5 Å². The normalized spacial score (nSPS) is 10.3. The van der Waals surface area contributed by atoms with Crippen LogP contribution in [0.2, 0.25) is 0 Å². The first-order chi connectivity index (χ1) is 7.20. The molecule has 0 aliphatic rings. The summed E-state index contributed by atoms with van der Waals surface area (Å²) in [6, 6.07) is 6.37. The Labute approximate surface area is 92.9 Å². The van der Waals surface area contributed by atoms with Crippen molar-refractivity contribution in [1.82, 2.24) is 4.98 Å². The van der Waals surface area contributed by atoms with E-state index in [1.807, 2.05) is 5.38 Å². The van der Waals surface area contributed by atoms with Crippen LogP contribution in [0.3, 0.4) is 0 Å². The third-order valence-corrected chi connectivity index (χ3v) is 3.15. The molecule has 2 aromatic rings. The lowest BCUT2D eigenvalue weighted by molar-refractivity contribution is 1.26. The molecule has 0 amide bonds. The van der Waals surface area contributed by atoms with Crippen molar-refractivity contribution in [2.45, 2.75) is 13.8 Å². The minimum Gasteiger partial charge on any atom is -0.308 e. The summed E-state index contributed by atoms with van der Waals surface area (Å²) >= 11 is 1.60. The van der Waals surface area contributed by atoms with Gasteiger partial charge in [0.1, 0.15) is 5.01 Å². The largest absolute Gasteiger partial charge is 0.308 e. The second-order valence-electron chi connectivity index (χ2n) is 3.50. The Morgan fingerprint density at radius 2 is 2.13 bits per heavy atom. The zero-order valence-corrected chi connectivity index (χ0v) is 9.56. The minimum atomic E-state index is 0.718. The van der Waals surface area contributed by atoms with Crippen molar-refractivity contribution in [3.05, 3.63) is 34.7 Å². The fourth-order valence-electron chi connectivity index (χ4n) is 1.43. The van der Waals surface area contributed by atoms with Crippen LogP contribution in [0.1, 0.15) is 11.1 Å². The molecule has 0 aliphatic carbocycles. The van der Waals surface area contributed by atoms with Gasteiger partial charge in [-0.25, -0.2) is 10.8 Å². The van der Waals surface area contributed by atoms with Gasteiger partial charge in [0.25, 0.3) is 0 Å². The molecule has 15 heavy (non-hydrogen) atoms. The average Bonchev–Trinajstić information content (AvgIpc) is 2.70. The van der Waals surface area contributed by atoms with Crippen molar-refractivity contribution < 1.29 is 0 Å². The van der Waals surface area contributed by atoms with E-state index >= 15 is 0 Å². The Kier molecular flexibility index (Phi) is 2.70. The number of nitrogens with zero attached hydrogens (tertiary/aromatic N) is 1. The van der Waals surface area contributed by atoms with Gasteiger partial charge in [-0.2, -0.15) is 0 Å². The molecule has 0 saturated carbocycles. The number of nitrogens with two attached hydrogens (primary N) is 1. The number of rotatable bonds is 2. The molecule has 3 N–H and O–H groups in total. The van der Waals surface area contributed by atoms with Gasteiger partial charge in [-0.15, -0.1) is 11.3 Å². The second-order valence-corrected chi connectivity index (χ2v) is 4.36. The van der Waals surface area contributed by atoms with E-state index in [0.29, 0.717) is 0 Å². The Morgan fingerprint density at radius 1 is 1.33 bits per heavy atom. The van der Waals surface area contributed by atoms with Crippen LogP contribution < -0.4 is 11.3 Å². The number of anilines is 1. The molecule has 0 unspecified atom stereocenters. The van der Waals surface area contributed by atoms with Gasteiger partial charge in [-0.3, -0.25) is 0 Å². The Hall–Kier alpha value is -1.39. The standard InChI is InChI=1S/C11H13N3S/c1-7-3-4-8(2)9(5-7)11-13-10(14-12)6-15-11/h3-6,14H,12H2,1-2H3. The van der Waals surface area contributed by atoms with Crippen LogP contribution in [0.5, 0.6) is 0 Å². The van der Waals surface area contributed by atoms with E-state index in [2.05, 4.69) is 42.5 Å². The highest BCUT2D eigenvalue weighted by Crippen LogP contribution is 2.28. The van der Waals surface area contributed by atoms with Crippen molar-refractivity contribution >= 4 is 17.2 Å². The van der Waals surface area contributed by atoms with Gasteiger partial charge in [0, 0.05) is 10.9 Å². The number of hydrogen-bond donors (Lipinski definition) is 2. The first-order valence-corrected chi connectivity index (χ1v) is 5.58. The average molecular weight is 219 g/mol. The van der Waals surface area contributed by atoms with E-state index in [0.717, 1.165) is 10.8 Å². The molecule has 0 fully saturated rings. The van der Waals surface area contributed by atoms with Crippen LogP contribution in [0.15, 0.2) is 23.6 Å². The van der Waals surface area contributed by atoms with Crippen LogP contribution in [-0.2, 0) is 0 Å². The first-order valence-electron chi connectivity index (χ1n) is 4.70. The van der Waals surface area contributed by atoms with E-state index in [-0.39, 0.29) is 0 Å².